The van der Waals surface area contributed by atoms with E-state index in [1.54, 1.807) is 30.6 Å². The zero-order valence-electron chi connectivity index (χ0n) is 15.6. The molecule has 0 aliphatic carbocycles. The average molecular weight is 407 g/mol. The summed E-state index contributed by atoms with van der Waals surface area (Å²) in [4.78, 5) is 16.5. The molecule has 146 valence electrons. The molecule has 0 bridgehead atoms. The van der Waals surface area contributed by atoms with Gasteiger partial charge in [-0.1, -0.05) is 29.8 Å². The van der Waals surface area contributed by atoms with Crippen molar-refractivity contribution in [1.82, 2.24) is 10.3 Å². The first-order valence-electron chi connectivity index (χ1n) is 9.19. The van der Waals surface area contributed by atoms with Crippen molar-refractivity contribution in [2.75, 3.05) is 6.61 Å². The summed E-state index contributed by atoms with van der Waals surface area (Å²) >= 11 is 6.02. The summed E-state index contributed by atoms with van der Waals surface area (Å²) in [7, 11) is 0. The van der Waals surface area contributed by atoms with Crippen molar-refractivity contribution < 1.29 is 14.3 Å². The Balaban J connectivity index is 1.31. The van der Waals surface area contributed by atoms with Crippen molar-refractivity contribution in [3.63, 3.8) is 0 Å². The van der Waals surface area contributed by atoms with Crippen molar-refractivity contribution in [2.24, 2.45) is 0 Å². The highest BCUT2D eigenvalue weighted by molar-refractivity contribution is 6.30. The van der Waals surface area contributed by atoms with Gasteiger partial charge in [0.25, 0.3) is 5.91 Å². The Morgan fingerprint density at radius 2 is 2.00 bits per heavy atom. The van der Waals surface area contributed by atoms with Crippen molar-refractivity contribution >= 4 is 23.6 Å². The smallest absolute Gasteiger partial charge is 0.250 e. The standard InChI is InChI=1S/C23H19ClN2O3/c24-20-5-8-22-18(11-20)10-19(15-29-22)23(27)26-13-16-3-6-21(7-4-16)28-14-17-2-1-9-25-12-17/h1-12H,13-15H2,(H,26,27). The van der Waals surface area contributed by atoms with E-state index in [4.69, 9.17) is 21.1 Å². The molecule has 0 saturated carbocycles. The van der Waals surface area contributed by atoms with Crippen LogP contribution in [0, 0.1) is 0 Å². The predicted octanol–water partition coefficient (Wildman–Crippen LogP) is 4.41. The SMILES string of the molecule is O=C(NCc1ccc(OCc2cccnc2)cc1)C1=Cc2cc(Cl)ccc2OC1. The molecule has 1 aromatic heterocycles. The third kappa shape index (κ3) is 4.95. The van der Waals surface area contributed by atoms with Crippen LogP contribution in [0.2, 0.25) is 5.02 Å². The molecule has 0 radical (unpaired) electrons. The number of rotatable bonds is 6. The van der Waals surface area contributed by atoms with Crippen LogP contribution in [-0.2, 0) is 17.9 Å². The molecule has 29 heavy (non-hydrogen) atoms. The van der Waals surface area contributed by atoms with Gasteiger partial charge in [-0.2, -0.15) is 0 Å². The Morgan fingerprint density at radius 3 is 2.79 bits per heavy atom. The minimum absolute atomic E-state index is 0.160. The first kappa shape index (κ1) is 19.0. The van der Waals surface area contributed by atoms with Gasteiger partial charge in [0.2, 0.25) is 0 Å². The molecule has 3 aromatic rings. The van der Waals surface area contributed by atoms with E-state index in [0.29, 0.717) is 23.7 Å². The number of carbonyl (C=O) groups is 1. The number of halogens is 1. The number of amides is 1. The normalized spacial score (nSPS) is 12.4. The first-order valence-corrected chi connectivity index (χ1v) is 9.57. The summed E-state index contributed by atoms with van der Waals surface area (Å²) in [5.74, 6) is 1.33. The van der Waals surface area contributed by atoms with E-state index < -0.39 is 0 Å². The van der Waals surface area contributed by atoms with Crippen molar-refractivity contribution in [3.8, 4) is 11.5 Å². The molecular weight excluding hydrogens is 388 g/mol. The van der Waals surface area contributed by atoms with Crippen LogP contribution in [0.5, 0.6) is 11.5 Å². The highest BCUT2D eigenvalue weighted by Gasteiger charge is 2.17. The highest BCUT2D eigenvalue weighted by Crippen LogP contribution is 2.29. The monoisotopic (exact) mass is 406 g/mol. The van der Waals surface area contributed by atoms with Gasteiger partial charge >= 0.3 is 0 Å². The molecule has 1 aliphatic rings. The number of hydrogen-bond donors (Lipinski definition) is 1. The summed E-state index contributed by atoms with van der Waals surface area (Å²) in [6.07, 6.45) is 5.32. The molecule has 1 amide bonds. The molecule has 6 heteroatoms. The van der Waals surface area contributed by atoms with Crippen LogP contribution in [-0.4, -0.2) is 17.5 Å². The number of fused-ring (bicyclic) bond motifs is 1. The third-order valence-corrected chi connectivity index (χ3v) is 4.72. The van der Waals surface area contributed by atoms with E-state index in [2.05, 4.69) is 10.3 Å². The molecule has 0 atom stereocenters. The lowest BCUT2D eigenvalue weighted by Gasteiger charge is -2.18. The van der Waals surface area contributed by atoms with Gasteiger partial charge < -0.3 is 14.8 Å². The number of carbonyl (C=O) groups excluding carboxylic acids is 1. The molecule has 2 heterocycles. The van der Waals surface area contributed by atoms with Crippen molar-refractivity contribution in [1.29, 1.82) is 0 Å². The Bertz CT molecular complexity index is 1030. The van der Waals surface area contributed by atoms with Gasteiger partial charge in [0.15, 0.2) is 0 Å². The zero-order valence-corrected chi connectivity index (χ0v) is 16.4. The van der Waals surface area contributed by atoms with Crippen molar-refractivity contribution in [3.05, 3.63) is 94.3 Å². The van der Waals surface area contributed by atoms with Gasteiger partial charge in [-0.3, -0.25) is 9.78 Å². The molecule has 0 spiro atoms. The second-order valence-corrected chi connectivity index (χ2v) is 7.05. The maximum absolute atomic E-state index is 12.5. The highest BCUT2D eigenvalue weighted by atomic mass is 35.5. The fourth-order valence-corrected chi connectivity index (χ4v) is 3.11. The Morgan fingerprint density at radius 1 is 1.14 bits per heavy atom. The summed E-state index contributed by atoms with van der Waals surface area (Å²) in [5, 5.41) is 3.53. The fraction of sp³-hybridized carbons (Fsp3) is 0.130. The number of ether oxygens (including phenoxy) is 2. The quantitative estimate of drug-likeness (QED) is 0.658. The van der Waals surface area contributed by atoms with Gasteiger partial charge in [0.05, 0.1) is 5.57 Å². The number of pyridine rings is 1. The third-order valence-electron chi connectivity index (χ3n) is 4.48. The molecular formula is C23H19ClN2O3. The minimum Gasteiger partial charge on any atom is -0.489 e. The maximum atomic E-state index is 12.5. The lowest BCUT2D eigenvalue weighted by Crippen LogP contribution is -2.28. The van der Waals surface area contributed by atoms with Crippen LogP contribution in [0.1, 0.15) is 16.7 Å². The van der Waals surface area contributed by atoms with E-state index in [9.17, 15) is 4.79 Å². The lowest BCUT2D eigenvalue weighted by atomic mass is 10.1. The average Bonchev–Trinajstić information content (AvgIpc) is 2.77. The predicted molar refractivity (Wildman–Crippen MR) is 112 cm³/mol. The van der Waals surface area contributed by atoms with Crippen LogP contribution in [0.25, 0.3) is 6.08 Å². The molecule has 5 nitrogen and oxygen atoms in total. The Labute approximate surface area is 174 Å². The van der Waals surface area contributed by atoms with Crippen LogP contribution in [0.15, 0.2) is 72.6 Å². The van der Waals surface area contributed by atoms with Gasteiger partial charge in [-0.05, 0) is 48.0 Å². The summed E-state index contributed by atoms with van der Waals surface area (Å²) in [6, 6.07) is 16.8. The van der Waals surface area contributed by atoms with E-state index in [1.807, 2.05) is 42.5 Å². The molecule has 0 fully saturated rings. The Hall–Kier alpha value is -3.31. The first-order chi connectivity index (χ1) is 14.2. The second kappa shape index (κ2) is 8.80. The number of nitrogens with zero attached hydrogens (tertiary/aromatic N) is 1. The van der Waals surface area contributed by atoms with E-state index in [1.165, 1.54) is 0 Å². The molecule has 4 rings (SSSR count). The molecule has 1 aliphatic heterocycles. The van der Waals surface area contributed by atoms with E-state index in [0.717, 1.165) is 28.2 Å². The second-order valence-electron chi connectivity index (χ2n) is 6.62. The molecule has 0 unspecified atom stereocenters. The summed E-state index contributed by atoms with van der Waals surface area (Å²) in [5.41, 5.74) is 3.36. The van der Waals surface area contributed by atoms with Crippen LogP contribution in [0.4, 0.5) is 0 Å². The topological polar surface area (TPSA) is 60.5 Å². The van der Waals surface area contributed by atoms with Crippen molar-refractivity contribution in [2.45, 2.75) is 13.2 Å². The maximum Gasteiger partial charge on any atom is 0.250 e. The molecule has 1 N–H and O–H groups in total. The van der Waals surface area contributed by atoms with Crippen LogP contribution < -0.4 is 14.8 Å². The van der Waals surface area contributed by atoms with Gasteiger partial charge in [0, 0.05) is 35.1 Å². The van der Waals surface area contributed by atoms with Crippen LogP contribution in [0.3, 0.4) is 0 Å². The zero-order chi connectivity index (χ0) is 20.1. The van der Waals surface area contributed by atoms with Gasteiger partial charge in [-0.15, -0.1) is 0 Å². The molecule has 2 aromatic carbocycles. The molecule has 0 saturated heterocycles. The van der Waals surface area contributed by atoms with Gasteiger partial charge in [0.1, 0.15) is 24.7 Å². The Kier molecular flexibility index (Phi) is 5.77. The number of aromatic nitrogens is 1. The number of nitrogens with one attached hydrogen (secondary N) is 1. The van der Waals surface area contributed by atoms with E-state index >= 15 is 0 Å². The summed E-state index contributed by atoms with van der Waals surface area (Å²) in [6.45, 7) is 1.12. The largest absolute Gasteiger partial charge is 0.489 e. The van der Waals surface area contributed by atoms with Crippen LogP contribution >= 0.6 is 11.6 Å². The summed E-state index contributed by atoms with van der Waals surface area (Å²) < 4.78 is 11.4. The number of hydrogen-bond acceptors (Lipinski definition) is 4. The number of benzene rings is 2. The lowest BCUT2D eigenvalue weighted by molar-refractivity contribution is -0.117. The fourth-order valence-electron chi connectivity index (χ4n) is 2.93. The van der Waals surface area contributed by atoms with Gasteiger partial charge in [-0.25, -0.2) is 0 Å². The van der Waals surface area contributed by atoms with E-state index in [-0.39, 0.29) is 12.5 Å². The minimum atomic E-state index is -0.160.